The second kappa shape index (κ2) is 11.5. The third kappa shape index (κ3) is 5.76. The van der Waals surface area contributed by atoms with Crippen LogP contribution in [-0.2, 0) is 27.2 Å². The molecule has 2 aliphatic carbocycles. The molecule has 2 unspecified atom stereocenters. The molecule has 0 saturated heterocycles. The molecule has 0 heterocycles. The van der Waals surface area contributed by atoms with Crippen LogP contribution in [0.2, 0.25) is 19.6 Å². The molecule has 3 aromatic rings. The van der Waals surface area contributed by atoms with Gasteiger partial charge in [-0.25, -0.2) is 0 Å². The molecule has 0 amide bonds. The summed E-state index contributed by atoms with van der Waals surface area (Å²) in [5, 5.41) is 0. The van der Waals surface area contributed by atoms with Gasteiger partial charge in [0.1, 0.15) is 0 Å². The van der Waals surface area contributed by atoms with Gasteiger partial charge in [-0.05, 0) is 0 Å². The van der Waals surface area contributed by atoms with E-state index in [0.717, 1.165) is 13.0 Å². The van der Waals surface area contributed by atoms with Crippen molar-refractivity contribution < 1.29 is 52.0 Å². The molecule has 2 atom stereocenters. The average molecular weight is 600 g/mol. The zero-order valence-electron chi connectivity index (χ0n) is 21.2. The van der Waals surface area contributed by atoms with E-state index in [1.54, 1.807) is 14.3 Å². The first-order valence-corrected chi connectivity index (χ1v) is 18.1. The number of benzene rings is 3. The van der Waals surface area contributed by atoms with Crippen LogP contribution < -0.4 is 24.8 Å². The Bertz CT molecular complexity index is 1270. The largest absolute Gasteiger partial charge is 1.00 e. The molecular weight excluding hydrogens is 567 g/mol. The van der Waals surface area contributed by atoms with Crippen molar-refractivity contribution >= 4 is 17.6 Å². The summed E-state index contributed by atoms with van der Waals surface area (Å²) >= 11 is -0.727. The Balaban J connectivity index is 0.00000171. The van der Waals surface area contributed by atoms with Crippen LogP contribution in [0.3, 0.4) is 0 Å². The van der Waals surface area contributed by atoms with Crippen LogP contribution >= 0.6 is 0 Å². The Morgan fingerprint density at radius 3 is 2.14 bits per heavy atom. The quantitative estimate of drug-likeness (QED) is 0.393. The van der Waals surface area contributed by atoms with Crippen molar-refractivity contribution in [3.05, 3.63) is 100 Å². The van der Waals surface area contributed by atoms with Gasteiger partial charge in [-0.3, -0.25) is 0 Å². The van der Waals surface area contributed by atoms with Crippen LogP contribution in [0.5, 0.6) is 0 Å². The van der Waals surface area contributed by atoms with Crippen LogP contribution in [0.4, 0.5) is 0 Å². The summed E-state index contributed by atoms with van der Waals surface area (Å²) in [5.41, 5.74) is 12.0. The number of halogens is 2. The number of hydrogen-bond donors (Lipinski definition) is 0. The number of fused-ring (bicyclic) bond motifs is 4. The molecule has 0 radical (unpaired) electrons. The molecule has 181 valence electrons. The molecule has 5 rings (SSSR count). The van der Waals surface area contributed by atoms with Gasteiger partial charge in [0.15, 0.2) is 0 Å². The van der Waals surface area contributed by atoms with E-state index in [0.29, 0.717) is 9.54 Å². The fraction of sp³-hybridized carbons (Fsp3) is 0.300. The Morgan fingerprint density at radius 2 is 1.43 bits per heavy atom. The molecule has 5 heteroatoms. The maximum atomic E-state index is 6.29. The second-order valence-electron chi connectivity index (χ2n) is 10.5. The fourth-order valence-corrected chi connectivity index (χ4v) is 9.71. The molecule has 3 aromatic carbocycles. The smallest absolute Gasteiger partial charge is 1.00 e. The van der Waals surface area contributed by atoms with Gasteiger partial charge in [-0.2, -0.15) is 0 Å². The van der Waals surface area contributed by atoms with Gasteiger partial charge in [-0.1, -0.05) is 0 Å². The predicted octanol–water partition coefficient (Wildman–Crippen LogP) is 1.83. The van der Waals surface area contributed by atoms with E-state index in [2.05, 4.69) is 106 Å². The topological polar surface area (TPSA) is 9.23 Å². The first-order chi connectivity index (χ1) is 15.8. The Morgan fingerprint density at radius 1 is 0.800 bits per heavy atom. The summed E-state index contributed by atoms with van der Waals surface area (Å²) in [4.78, 5) is 0. The predicted molar refractivity (Wildman–Crippen MR) is 140 cm³/mol. The summed E-state index contributed by atoms with van der Waals surface area (Å²) in [6, 6.07) is 25.2. The standard InChI is InChI=1S/C27H27OSi.C3H6.2ClH.Zr/c1-29(2,3)28-16-15-21-17-19-9-5-7-12-23(19)27(21)25-14-8-13-24-22-11-6-4-10-20(22)18-26(24)25;1-3-2;;;/h4-14,17-18,27H,15-16H2,1-3H3;1-2H3;2*1H;/q;;;;+2/p-2. The minimum absolute atomic E-state index is 0. The molecule has 35 heavy (non-hydrogen) atoms. The van der Waals surface area contributed by atoms with Crippen LogP contribution in [0.25, 0.3) is 17.2 Å². The van der Waals surface area contributed by atoms with Crippen molar-refractivity contribution in [1.29, 1.82) is 0 Å². The molecule has 0 aromatic heterocycles. The van der Waals surface area contributed by atoms with E-state index in [4.69, 9.17) is 4.43 Å². The van der Waals surface area contributed by atoms with Crippen molar-refractivity contribution in [2.75, 3.05) is 6.61 Å². The zero-order valence-corrected chi connectivity index (χ0v) is 26.1. The molecule has 0 fully saturated rings. The number of rotatable bonds is 6. The zero-order chi connectivity index (χ0) is 23.2. The van der Waals surface area contributed by atoms with Crippen molar-refractivity contribution in [2.45, 2.75) is 49.5 Å². The van der Waals surface area contributed by atoms with Gasteiger partial charge in [0, 0.05) is 0 Å². The normalized spacial score (nSPS) is 17.2. The summed E-state index contributed by atoms with van der Waals surface area (Å²) in [6.45, 7) is 12.4. The first-order valence-electron chi connectivity index (χ1n) is 12.1. The van der Waals surface area contributed by atoms with E-state index in [1.165, 1.54) is 33.4 Å². The van der Waals surface area contributed by atoms with Gasteiger partial charge in [0.2, 0.25) is 0 Å². The molecule has 0 aliphatic heterocycles. The average Bonchev–Trinajstić information content (AvgIpc) is 3.29. The van der Waals surface area contributed by atoms with E-state index in [9.17, 15) is 0 Å². The molecular formula is C30H33Cl2OSiZr. The van der Waals surface area contributed by atoms with Crippen LogP contribution in [0, 0.1) is 0 Å². The van der Waals surface area contributed by atoms with Gasteiger partial charge >= 0.3 is 212 Å². The van der Waals surface area contributed by atoms with Crippen molar-refractivity contribution in [2.24, 2.45) is 0 Å². The van der Waals surface area contributed by atoms with E-state index < -0.39 is 31.1 Å². The monoisotopic (exact) mass is 597 g/mol. The Hall–Kier alpha value is -1.09. The SMILES string of the molecule is C[C](C)=[Zr+2][CH]1c2ccccc2-c2cccc(C3C(CCO[Si](C)(C)C)=Cc4ccccc43)c21.[Cl-].[Cl-]. The van der Waals surface area contributed by atoms with Crippen LogP contribution in [0.1, 0.15) is 57.6 Å². The molecule has 0 bridgehead atoms. The minimum Gasteiger partial charge on any atom is -1.00 e. The molecule has 0 N–H and O–H groups in total. The molecule has 1 nitrogen and oxygen atoms in total. The molecule has 0 spiro atoms. The van der Waals surface area contributed by atoms with Crippen molar-refractivity contribution in [3.8, 4) is 11.1 Å². The van der Waals surface area contributed by atoms with E-state index >= 15 is 0 Å². The Labute approximate surface area is 235 Å². The van der Waals surface area contributed by atoms with E-state index in [-0.39, 0.29) is 24.8 Å². The summed E-state index contributed by atoms with van der Waals surface area (Å²) < 4.78 is 8.56. The Kier molecular flexibility index (Phi) is 9.38. The second-order valence-corrected chi connectivity index (χ2v) is 19.6. The van der Waals surface area contributed by atoms with Crippen molar-refractivity contribution in [3.63, 3.8) is 0 Å². The van der Waals surface area contributed by atoms with Crippen molar-refractivity contribution in [1.82, 2.24) is 0 Å². The van der Waals surface area contributed by atoms with Crippen LogP contribution in [-0.4, -0.2) is 18.1 Å². The minimum atomic E-state index is -1.52. The molecule has 2 aliphatic rings. The van der Waals surface area contributed by atoms with Gasteiger partial charge in [0.05, 0.1) is 0 Å². The maximum absolute atomic E-state index is 6.29. The summed E-state index contributed by atoms with van der Waals surface area (Å²) in [5.74, 6) is 0.342. The third-order valence-corrected chi connectivity index (χ3v) is 11.4. The van der Waals surface area contributed by atoms with Gasteiger partial charge in [-0.15, -0.1) is 0 Å². The maximum Gasteiger partial charge on any atom is -1.00 e. The first kappa shape index (κ1) is 28.5. The van der Waals surface area contributed by atoms with E-state index in [1.807, 2.05) is 0 Å². The third-order valence-electron chi connectivity index (χ3n) is 6.68. The molecule has 0 saturated carbocycles. The van der Waals surface area contributed by atoms with Gasteiger partial charge < -0.3 is 24.8 Å². The number of hydrogen-bond acceptors (Lipinski definition) is 1. The van der Waals surface area contributed by atoms with Crippen LogP contribution in [0.15, 0.2) is 72.3 Å². The van der Waals surface area contributed by atoms with Gasteiger partial charge in [0.25, 0.3) is 0 Å². The summed E-state index contributed by atoms with van der Waals surface area (Å²) in [6.07, 6.45) is 3.45. The fourth-order valence-electron chi connectivity index (χ4n) is 5.43. The summed E-state index contributed by atoms with van der Waals surface area (Å²) in [7, 11) is -1.52.